The van der Waals surface area contributed by atoms with Gasteiger partial charge in [0.05, 0.1) is 17.6 Å². The highest BCUT2D eigenvalue weighted by atomic mass is 79.9. The van der Waals surface area contributed by atoms with Crippen molar-refractivity contribution in [3.05, 3.63) is 51.9 Å². The highest BCUT2D eigenvalue weighted by molar-refractivity contribution is 9.11. The van der Waals surface area contributed by atoms with Gasteiger partial charge in [0.25, 0.3) is 5.91 Å². The summed E-state index contributed by atoms with van der Waals surface area (Å²) in [5.41, 5.74) is 1.24. The van der Waals surface area contributed by atoms with Crippen molar-refractivity contribution in [1.29, 1.82) is 0 Å². The molecule has 1 N–H and O–H groups in total. The molecule has 1 aromatic heterocycles. The summed E-state index contributed by atoms with van der Waals surface area (Å²) in [4.78, 5) is 32.8. The molecular weight excluding hydrogens is 562 g/mol. The van der Waals surface area contributed by atoms with E-state index in [2.05, 4.69) is 26.2 Å². The lowest BCUT2D eigenvalue weighted by atomic mass is 10.1. The molecule has 2 amide bonds. The van der Waals surface area contributed by atoms with Gasteiger partial charge in [0.1, 0.15) is 19.0 Å². The SMILES string of the molecule is COc1cccc(-c2sc(Br)nc2OC(=O)N(CCNC(=O)c2cccc3c2OCCO3)CC2CC2)c1. The Balaban J connectivity index is 1.25. The van der Waals surface area contributed by atoms with Crippen LogP contribution in [0.15, 0.2) is 46.4 Å². The Morgan fingerprint density at radius 1 is 1.19 bits per heavy atom. The van der Waals surface area contributed by atoms with Gasteiger partial charge in [-0.1, -0.05) is 18.2 Å². The van der Waals surface area contributed by atoms with Crippen LogP contribution in [0.2, 0.25) is 0 Å². The predicted octanol–water partition coefficient (Wildman–Crippen LogP) is 4.99. The van der Waals surface area contributed by atoms with Crippen LogP contribution >= 0.6 is 27.3 Å². The zero-order chi connectivity index (χ0) is 25.8. The number of fused-ring (bicyclic) bond motifs is 1. The molecule has 194 valence electrons. The maximum atomic E-state index is 13.2. The first-order valence-corrected chi connectivity index (χ1v) is 13.6. The molecule has 1 aliphatic carbocycles. The van der Waals surface area contributed by atoms with Crippen molar-refractivity contribution in [3.8, 4) is 33.6 Å². The summed E-state index contributed by atoms with van der Waals surface area (Å²) < 4.78 is 22.9. The number of nitrogens with zero attached hydrogens (tertiary/aromatic N) is 2. The van der Waals surface area contributed by atoms with E-state index in [-0.39, 0.29) is 18.3 Å². The van der Waals surface area contributed by atoms with E-state index in [0.717, 1.165) is 23.3 Å². The molecule has 1 fully saturated rings. The van der Waals surface area contributed by atoms with Crippen molar-refractivity contribution >= 4 is 39.3 Å². The maximum absolute atomic E-state index is 13.2. The first kappa shape index (κ1) is 25.3. The van der Waals surface area contributed by atoms with Gasteiger partial charge in [0.2, 0.25) is 5.88 Å². The van der Waals surface area contributed by atoms with Crippen molar-refractivity contribution in [2.75, 3.05) is 40.0 Å². The second-order valence-electron chi connectivity index (χ2n) is 8.68. The Morgan fingerprint density at radius 2 is 2.00 bits per heavy atom. The third kappa shape index (κ3) is 6.16. The smallest absolute Gasteiger partial charge is 0.416 e. The predicted molar refractivity (Wildman–Crippen MR) is 142 cm³/mol. The fourth-order valence-electron chi connectivity index (χ4n) is 3.97. The molecule has 5 rings (SSSR count). The quantitative estimate of drug-likeness (QED) is 0.376. The number of halogens is 1. The number of nitrogens with one attached hydrogen (secondary N) is 1. The summed E-state index contributed by atoms with van der Waals surface area (Å²) in [5.74, 6) is 2.08. The number of benzene rings is 2. The lowest BCUT2D eigenvalue weighted by Gasteiger charge is -2.23. The van der Waals surface area contributed by atoms with E-state index in [1.54, 1.807) is 30.2 Å². The average molecular weight is 588 g/mol. The minimum absolute atomic E-state index is 0.230. The number of amides is 2. The Kier molecular flexibility index (Phi) is 7.80. The Hall–Kier alpha value is -3.31. The highest BCUT2D eigenvalue weighted by Gasteiger charge is 2.29. The standard InChI is InChI=1S/C26H26BrN3O6S/c1-33-18-5-2-4-17(14-18)22-24(29-25(27)37-22)36-26(32)30(15-16-8-9-16)11-10-28-23(31)19-6-3-7-20-21(19)35-13-12-34-20/h2-7,14,16H,8-13,15H2,1H3,(H,28,31). The molecule has 2 aromatic carbocycles. The van der Waals surface area contributed by atoms with E-state index in [1.807, 2.05) is 24.3 Å². The number of hydrogen-bond acceptors (Lipinski definition) is 8. The fraction of sp³-hybridized carbons (Fsp3) is 0.346. The number of para-hydroxylation sites is 1. The third-order valence-corrected chi connectivity index (χ3v) is 7.53. The van der Waals surface area contributed by atoms with Gasteiger partial charge < -0.3 is 29.2 Å². The molecule has 0 unspecified atom stereocenters. The fourth-order valence-corrected chi connectivity index (χ4v) is 5.33. The molecule has 2 heterocycles. The molecule has 1 aliphatic heterocycles. The van der Waals surface area contributed by atoms with E-state index in [0.29, 0.717) is 59.0 Å². The normalized spacial score (nSPS) is 14.1. The topological polar surface area (TPSA) is 99.2 Å². The number of carbonyl (C=O) groups excluding carboxylic acids is 2. The van der Waals surface area contributed by atoms with Crippen molar-refractivity contribution in [3.63, 3.8) is 0 Å². The summed E-state index contributed by atoms with van der Waals surface area (Å²) >= 11 is 4.78. The van der Waals surface area contributed by atoms with Gasteiger partial charge in [-0.3, -0.25) is 4.79 Å². The largest absolute Gasteiger partial charge is 0.497 e. The second-order valence-corrected chi connectivity index (χ2v) is 11.0. The van der Waals surface area contributed by atoms with Crippen LogP contribution in [0.25, 0.3) is 10.4 Å². The molecule has 9 nitrogen and oxygen atoms in total. The van der Waals surface area contributed by atoms with E-state index in [4.69, 9.17) is 18.9 Å². The number of carbonyl (C=O) groups is 2. The number of hydrogen-bond donors (Lipinski definition) is 1. The number of ether oxygens (including phenoxy) is 4. The van der Waals surface area contributed by atoms with Gasteiger partial charge >= 0.3 is 6.09 Å². The monoisotopic (exact) mass is 587 g/mol. The van der Waals surface area contributed by atoms with Crippen LogP contribution < -0.4 is 24.3 Å². The Labute approximate surface area is 226 Å². The first-order valence-electron chi connectivity index (χ1n) is 12.0. The summed E-state index contributed by atoms with van der Waals surface area (Å²) in [6.07, 6.45) is 1.64. The van der Waals surface area contributed by atoms with Crippen LogP contribution in [-0.4, -0.2) is 61.8 Å². The molecule has 3 aromatic rings. The van der Waals surface area contributed by atoms with Gasteiger partial charge in [-0.25, -0.2) is 4.79 Å². The third-order valence-electron chi connectivity index (χ3n) is 6.00. The first-order chi connectivity index (χ1) is 18.0. The molecular formula is C26H26BrN3O6S. The average Bonchev–Trinajstić information content (AvgIpc) is 3.67. The van der Waals surface area contributed by atoms with E-state index < -0.39 is 6.09 Å². The van der Waals surface area contributed by atoms with Crippen LogP contribution in [0.5, 0.6) is 23.1 Å². The van der Waals surface area contributed by atoms with E-state index >= 15 is 0 Å². The molecule has 0 saturated heterocycles. The van der Waals surface area contributed by atoms with Crippen molar-refractivity contribution in [2.45, 2.75) is 12.8 Å². The molecule has 0 spiro atoms. The van der Waals surface area contributed by atoms with Gasteiger partial charge in [-0.15, -0.1) is 11.3 Å². The Bertz CT molecular complexity index is 1300. The molecule has 37 heavy (non-hydrogen) atoms. The molecule has 0 bridgehead atoms. The molecule has 0 atom stereocenters. The van der Waals surface area contributed by atoms with Crippen LogP contribution in [-0.2, 0) is 0 Å². The summed E-state index contributed by atoms with van der Waals surface area (Å²) in [5, 5.41) is 2.89. The molecule has 11 heteroatoms. The molecule has 1 saturated carbocycles. The lowest BCUT2D eigenvalue weighted by Crippen LogP contribution is -2.41. The maximum Gasteiger partial charge on any atom is 0.416 e. The minimum Gasteiger partial charge on any atom is -0.497 e. The number of thiazole rings is 1. The molecule has 2 aliphatic rings. The van der Waals surface area contributed by atoms with Crippen LogP contribution in [0.3, 0.4) is 0 Å². The van der Waals surface area contributed by atoms with Crippen LogP contribution in [0, 0.1) is 5.92 Å². The highest BCUT2D eigenvalue weighted by Crippen LogP contribution is 2.39. The van der Waals surface area contributed by atoms with E-state index in [9.17, 15) is 9.59 Å². The van der Waals surface area contributed by atoms with Gasteiger partial charge in [-0.05, 0) is 59.0 Å². The lowest BCUT2D eigenvalue weighted by molar-refractivity contribution is 0.0933. The van der Waals surface area contributed by atoms with Gasteiger partial charge in [0.15, 0.2) is 15.4 Å². The summed E-state index contributed by atoms with van der Waals surface area (Å²) in [6.45, 7) is 1.96. The van der Waals surface area contributed by atoms with E-state index in [1.165, 1.54) is 11.3 Å². The number of rotatable bonds is 9. The van der Waals surface area contributed by atoms with Crippen molar-refractivity contribution < 1.29 is 28.5 Å². The minimum atomic E-state index is -0.503. The van der Waals surface area contributed by atoms with Crippen LogP contribution in [0.4, 0.5) is 4.79 Å². The zero-order valence-corrected chi connectivity index (χ0v) is 22.6. The second kappa shape index (κ2) is 11.4. The Morgan fingerprint density at radius 3 is 2.81 bits per heavy atom. The summed E-state index contributed by atoms with van der Waals surface area (Å²) in [7, 11) is 1.60. The van der Waals surface area contributed by atoms with Crippen molar-refractivity contribution in [1.82, 2.24) is 15.2 Å². The van der Waals surface area contributed by atoms with Crippen LogP contribution in [0.1, 0.15) is 23.2 Å². The summed E-state index contributed by atoms with van der Waals surface area (Å²) in [6, 6.07) is 12.7. The number of aromatic nitrogens is 1. The molecule has 0 radical (unpaired) electrons. The van der Waals surface area contributed by atoms with Crippen molar-refractivity contribution in [2.24, 2.45) is 5.92 Å². The van der Waals surface area contributed by atoms with Gasteiger partial charge in [-0.2, -0.15) is 4.98 Å². The number of methoxy groups -OCH3 is 1. The zero-order valence-electron chi connectivity index (χ0n) is 20.2. The van der Waals surface area contributed by atoms with Gasteiger partial charge in [0, 0.05) is 25.2 Å².